The third-order valence-electron chi connectivity index (χ3n) is 3.89. The number of hydrogen-bond donors (Lipinski definition) is 1. The number of aliphatic imine (C=N–C) groups is 1. The molecule has 2 heterocycles. The Hall–Kier alpha value is -1.82. The largest absolute Gasteiger partial charge is 0.301 e. The van der Waals surface area contributed by atoms with Gasteiger partial charge in [-0.15, -0.1) is 22.7 Å². The lowest BCUT2D eigenvalue weighted by molar-refractivity contribution is -0.115. The number of fused-ring (bicyclic) bond motifs is 1. The minimum atomic E-state index is -0.266. The second-order valence-electron chi connectivity index (χ2n) is 6.03. The molecule has 9 heteroatoms. The Kier molecular flexibility index (Phi) is 6.58. The molecule has 4 aromatic rings. The van der Waals surface area contributed by atoms with E-state index in [0.29, 0.717) is 5.13 Å². The van der Waals surface area contributed by atoms with Gasteiger partial charge in [0.2, 0.25) is 5.91 Å². The minimum Gasteiger partial charge on any atom is -0.301 e. The van der Waals surface area contributed by atoms with Gasteiger partial charge in [0.1, 0.15) is 0 Å². The van der Waals surface area contributed by atoms with E-state index in [1.54, 1.807) is 17.5 Å². The monoisotopic (exact) mass is 550 g/mol. The zero-order chi connectivity index (χ0) is 20.2. The summed E-state index contributed by atoms with van der Waals surface area (Å²) < 4.78 is 3.11. The average molecular weight is 550 g/mol. The van der Waals surface area contributed by atoms with Crippen LogP contribution >= 0.6 is 57.0 Å². The number of hydrogen-bond acceptors (Lipinski definition) is 7. The second-order valence-corrected chi connectivity index (χ2v) is 10.8. The van der Waals surface area contributed by atoms with Crippen LogP contribution in [0.3, 0.4) is 0 Å². The summed E-state index contributed by atoms with van der Waals surface area (Å²) in [7, 11) is 0. The Labute approximate surface area is 193 Å². The molecule has 1 amide bonds. The lowest BCUT2D eigenvalue weighted by atomic mass is 10.2. The molecule has 0 fully saturated rings. The van der Waals surface area contributed by atoms with E-state index in [4.69, 9.17) is 0 Å². The third kappa shape index (κ3) is 5.41. The highest BCUT2D eigenvalue weighted by Crippen LogP contribution is 2.34. The average Bonchev–Trinajstić information content (AvgIpc) is 3.36. The van der Waals surface area contributed by atoms with Crippen LogP contribution in [-0.2, 0) is 4.79 Å². The number of rotatable bonds is 6. The molecule has 0 aliphatic heterocycles. The fourth-order valence-corrected chi connectivity index (χ4v) is 5.55. The molecule has 1 N–H and O–H groups in total. The lowest BCUT2D eigenvalue weighted by Crippen LogP contribution is -2.22. The van der Waals surface area contributed by atoms with Crippen LogP contribution in [0, 0.1) is 3.57 Å². The normalized spacial score (nSPS) is 12.5. The van der Waals surface area contributed by atoms with Crippen molar-refractivity contribution in [1.29, 1.82) is 0 Å². The van der Waals surface area contributed by atoms with Crippen LogP contribution in [0.15, 0.2) is 63.4 Å². The van der Waals surface area contributed by atoms with Crippen molar-refractivity contribution in [2.75, 3.05) is 5.32 Å². The van der Waals surface area contributed by atoms with Gasteiger partial charge in [0.05, 0.1) is 21.2 Å². The van der Waals surface area contributed by atoms with Crippen molar-refractivity contribution in [2.45, 2.75) is 16.5 Å². The number of nitrogens with zero attached hydrogens (tertiary/aromatic N) is 3. The third-order valence-corrected chi connectivity index (χ3v) is 7.51. The Balaban J connectivity index is 1.45. The Morgan fingerprint density at radius 1 is 1.28 bits per heavy atom. The van der Waals surface area contributed by atoms with Crippen molar-refractivity contribution in [2.24, 2.45) is 4.99 Å². The quantitative estimate of drug-likeness (QED) is 0.176. The first-order valence-corrected chi connectivity index (χ1v) is 12.3. The van der Waals surface area contributed by atoms with Gasteiger partial charge in [0, 0.05) is 21.4 Å². The molecular weight excluding hydrogens is 535 g/mol. The summed E-state index contributed by atoms with van der Waals surface area (Å²) in [5.41, 5.74) is 2.86. The summed E-state index contributed by atoms with van der Waals surface area (Å²) in [6, 6.07) is 14.2. The number of aromatic nitrogens is 2. The van der Waals surface area contributed by atoms with Crippen LogP contribution in [0.25, 0.3) is 10.2 Å². The molecule has 4 rings (SSSR count). The maximum atomic E-state index is 12.3. The number of nitrogens with one attached hydrogen (secondary N) is 1. The zero-order valence-corrected chi connectivity index (χ0v) is 19.8. The Morgan fingerprint density at radius 2 is 2.10 bits per heavy atom. The predicted molar refractivity (Wildman–Crippen MR) is 132 cm³/mol. The summed E-state index contributed by atoms with van der Waals surface area (Å²) >= 11 is 6.71. The number of carbonyl (C=O) groups excluding carboxylic acids is 1. The van der Waals surface area contributed by atoms with Gasteiger partial charge in [-0.3, -0.25) is 9.79 Å². The van der Waals surface area contributed by atoms with Crippen LogP contribution < -0.4 is 5.32 Å². The number of carbonyl (C=O) groups is 1. The smallest absolute Gasteiger partial charge is 0.239 e. The van der Waals surface area contributed by atoms with E-state index < -0.39 is 0 Å². The van der Waals surface area contributed by atoms with E-state index in [0.717, 1.165) is 25.8 Å². The maximum Gasteiger partial charge on any atom is 0.239 e. The summed E-state index contributed by atoms with van der Waals surface area (Å²) in [5.74, 6) is -0.0768. The van der Waals surface area contributed by atoms with E-state index >= 15 is 0 Å². The van der Waals surface area contributed by atoms with Gasteiger partial charge in [-0.2, -0.15) is 0 Å². The van der Waals surface area contributed by atoms with Crippen LogP contribution in [0.4, 0.5) is 10.8 Å². The molecule has 0 aliphatic carbocycles. The lowest BCUT2D eigenvalue weighted by Gasteiger charge is -2.07. The van der Waals surface area contributed by atoms with E-state index in [9.17, 15) is 4.79 Å². The molecule has 5 nitrogen and oxygen atoms in total. The number of thiazole rings is 2. The highest BCUT2D eigenvalue weighted by molar-refractivity contribution is 14.1. The molecule has 0 spiro atoms. The highest BCUT2D eigenvalue weighted by atomic mass is 127. The Bertz CT molecular complexity index is 1160. The Morgan fingerprint density at radius 3 is 2.86 bits per heavy atom. The van der Waals surface area contributed by atoms with Crippen molar-refractivity contribution < 1.29 is 4.79 Å². The van der Waals surface area contributed by atoms with E-state index in [2.05, 4.69) is 55.0 Å². The predicted octanol–water partition coefficient (Wildman–Crippen LogP) is 6.23. The molecule has 0 radical (unpaired) electrons. The number of thioether (sulfide) groups is 1. The van der Waals surface area contributed by atoms with E-state index in [1.807, 2.05) is 48.9 Å². The van der Waals surface area contributed by atoms with Gasteiger partial charge in [-0.1, -0.05) is 23.9 Å². The molecule has 0 aliphatic rings. The van der Waals surface area contributed by atoms with Gasteiger partial charge in [-0.05, 0) is 65.4 Å². The fraction of sp³-hybridized carbons (Fsp3) is 0.100. The SMILES string of the molecule is C[C@@H](Sc1nc2ccc(N=Cc3ccc(I)cc3)cc2s1)C(=O)Nc1nccs1. The fourth-order valence-electron chi connectivity index (χ4n) is 2.42. The van der Waals surface area contributed by atoms with Crippen LogP contribution in [0.2, 0.25) is 0 Å². The summed E-state index contributed by atoms with van der Waals surface area (Å²) in [5, 5.41) is 5.01. The van der Waals surface area contributed by atoms with Gasteiger partial charge >= 0.3 is 0 Å². The molecule has 1 atom stereocenters. The number of benzene rings is 2. The van der Waals surface area contributed by atoms with Gasteiger partial charge < -0.3 is 5.32 Å². The second kappa shape index (κ2) is 9.33. The van der Waals surface area contributed by atoms with Crippen molar-refractivity contribution in [1.82, 2.24) is 9.97 Å². The van der Waals surface area contributed by atoms with Crippen LogP contribution in [-0.4, -0.2) is 27.3 Å². The van der Waals surface area contributed by atoms with E-state index in [1.165, 1.54) is 26.7 Å². The molecule has 0 saturated carbocycles. The minimum absolute atomic E-state index is 0.0768. The van der Waals surface area contributed by atoms with E-state index in [-0.39, 0.29) is 11.2 Å². The zero-order valence-electron chi connectivity index (χ0n) is 15.2. The van der Waals surface area contributed by atoms with Gasteiger partial charge in [0.15, 0.2) is 9.47 Å². The molecule has 0 bridgehead atoms. The molecular formula is C20H15IN4OS3. The molecule has 146 valence electrons. The topological polar surface area (TPSA) is 67.2 Å². The van der Waals surface area contributed by atoms with Crippen molar-refractivity contribution in [3.05, 3.63) is 63.2 Å². The molecule has 0 unspecified atom stereocenters. The number of amides is 1. The molecule has 29 heavy (non-hydrogen) atoms. The summed E-state index contributed by atoms with van der Waals surface area (Å²) in [4.78, 5) is 25.6. The first kappa shape index (κ1) is 20.5. The first-order valence-electron chi connectivity index (χ1n) is 8.64. The van der Waals surface area contributed by atoms with Crippen molar-refractivity contribution in [3.8, 4) is 0 Å². The summed E-state index contributed by atoms with van der Waals surface area (Å²) in [6.07, 6.45) is 3.53. The summed E-state index contributed by atoms with van der Waals surface area (Å²) in [6.45, 7) is 1.87. The standard InChI is InChI=1S/C20H15IN4OS3/c1-12(18(26)25-19-22-8-9-27-19)28-20-24-16-7-6-15(10-17(16)29-20)23-11-13-2-4-14(21)5-3-13/h2-12H,1H3,(H,22,25,26)/t12-/m1/s1. The molecule has 2 aromatic heterocycles. The number of anilines is 1. The van der Waals surface area contributed by atoms with Crippen LogP contribution in [0.1, 0.15) is 12.5 Å². The maximum absolute atomic E-state index is 12.3. The van der Waals surface area contributed by atoms with Crippen molar-refractivity contribution >= 4 is 90.2 Å². The highest BCUT2D eigenvalue weighted by Gasteiger charge is 2.18. The molecule has 0 saturated heterocycles. The van der Waals surface area contributed by atoms with Gasteiger partial charge in [-0.25, -0.2) is 9.97 Å². The van der Waals surface area contributed by atoms with Crippen molar-refractivity contribution in [3.63, 3.8) is 0 Å². The van der Waals surface area contributed by atoms with Crippen LogP contribution in [0.5, 0.6) is 0 Å². The number of halogens is 1. The van der Waals surface area contributed by atoms with Gasteiger partial charge in [0.25, 0.3) is 0 Å². The first-order chi connectivity index (χ1) is 14.1. The molecule has 2 aromatic carbocycles.